The highest BCUT2D eigenvalue weighted by atomic mass is 19.4. The van der Waals surface area contributed by atoms with Gasteiger partial charge in [0.15, 0.2) is 11.6 Å². The molecule has 0 radical (unpaired) electrons. The molecule has 44 heavy (non-hydrogen) atoms. The van der Waals surface area contributed by atoms with E-state index in [0.717, 1.165) is 101 Å². The Bertz CT molecular complexity index is 1140. The summed E-state index contributed by atoms with van der Waals surface area (Å²) in [6.45, 7) is 6.25. The monoisotopic (exact) mass is 631 g/mol. The second-order valence-electron chi connectivity index (χ2n) is 15.0. The van der Waals surface area contributed by atoms with E-state index in [9.17, 15) is 36.6 Å². The van der Waals surface area contributed by atoms with Crippen molar-refractivity contribution < 1.29 is 36.6 Å². The summed E-state index contributed by atoms with van der Waals surface area (Å²) in [4.78, 5) is 2.47. The van der Waals surface area contributed by atoms with Gasteiger partial charge in [-0.2, -0.15) is 22.0 Å². The van der Waals surface area contributed by atoms with Crippen LogP contribution in [0.4, 0.5) is 26.3 Å². The molecule has 7 atom stereocenters. The molecule has 0 spiro atoms. The van der Waals surface area contributed by atoms with Crippen molar-refractivity contribution in [2.24, 2.45) is 23.2 Å². The third-order valence-electron chi connectivity index (χ3n) is 12.5. The number of aliphatic hydroxyl groups is 1. The van der Waals surface area contributed by atoms with Gasteiger partial charge in [0.2, 0.25) is 0 Å². The van der Waals surface area contributed by atoms with E-state index in [0.29, 0.717) is 36.6 Å². The van der Waals surface area contributed by atoms with Crippen molar-refractivity contribution in [3.8, 4) is 5.75 Å². The second kappa shape index (κ2) is 13.0. The highest BCUT2D eigenvalue weighted by molar-refractivity contribution is 5.42. The fourth-order valence-corrected chi connectivity index (χ4v) is 9.78. The summed E-state index contributed by atoms with van der Waals surface area (Å²) in [5, 5.41) is 21.5. The van der Waals surface area contributed by atoms with Crippen LogP contribution in [0.3, 0.4) is 0 Å². The lowest BCUT2D eigenvalue weighted by Crippen LogP contribution is -2.51. The van der Waals surface area contributed by atoms with Gasteiger partial charge in [0.05, 0.1) is 5.60 Å². The topological polar surface area (TPSA) is 43.7 Å². The van der Waals surface area contributed by atoms with Crippen LogP contribution < -0.4 is 0 Å². The van der Waals surface area contributed by atoms with Crippen molar-refractivity contribution >= 4 is 0 Å². The lowest BCUT2D eigenvalue weighted by atomic mass is 9.50. The molecule has 2 N–H and O–H groups in total. The van der Waals surface area contributed by atoms with Crippen LogP contribution in [-0.4, -0.2) is 51.9 Å². The first kappa shape index (κ1) is 33.9. The Hall–Kier alpha value is -1.48. The van der Waals surface area contributed by atoms with Crippen molar-refractivity contribution in [2.45, 2.75) is 146 Å². The van der Waals surface area contributed by atoms with E-state index in [1.54, 1.807) is 12.1 Å². The summed E-state index contributed by atoms with van der Waals surface area (Å²) < 4.78 is 78.0. The van der Waals surface area contributed by atoms with Crippen LogP contribution in [0, 0.1) is 29.0 Å². The number of hydrogen-bond donors (Lipinski definition) is 2. The van der Waals surface area contributed by atoms with Crippen LogP contribution in [-0.2, 0) is 6.42 Å². The minimum Gasteiger partial charge on any atom is -0.505 e. The normalized spacial score (nSPS) is 34.2. The number of phenols is 1. The maximum atomic E-state index is 14.5. The van der Waals surface area contributed by atoms with Gasteiger partial charge in [0.1, 0.15) is 0 Å². The molecule has 1 aromatic carbocycles. The molecule has 1 saturated heterocycles. The van der Waals surface area contributed by atoms with Gasteiger partial charge in [-0.15, -0.1) is 0 Å². The largest absolute Gasteiger partial charge is 0.505 e. The molecule has 9 heteroatoms. The molecule has 3 aliphatic carbocycles. The number of nitrogens with zero attached hydrogens (tertiary/aromatic N) is 1. The number of fused-ring (bicyclic) bond motifs is 5. The number of aromatic hydroxyl groups is 1. The molecule has 5 rings (SSSR count). The Morgan fingerprint density at radius 2 is 1.64 bits per heavy atom. The Morgan fingerprint density at radius 3 is 2.39 bits per heavy atom. The molecule has 1 aliphatic heterocycles. The minimum absolute atomic E-state index is 0.112. The SMILES string of the molecule is C[C@]12CC[C@@H]3c4cc(F)c(O)cc4C[C@@H](CCCCCN4CCC[C@H]4CCCCCC(F)(F)C(F)(F)F)[C@H]3[C@@H]1CC[C@@]2(C)O. The fourth-order valence-electron chi connectivity index (χ4n) is 9.78. The van der Waals surface area contributed by atoms with Crippen LogP contribution in [0.25, 0.3) is 0 Å². The zero-order valence-corrected chi connectivity index (χ0v) is 26.4. The third-order valence-corrected chi connectivity index (χ3v) is 12.5. The van der Waals surface area contributed by atoms with Crippen molar-refractivity contribution in [1.29, 1.82) is 0 Å². The number of halogens is 6. The van der Waals surface area contributed by atoms with E-state index >= 15 is 0 Å². The second-order valence-corrected chi connectivity index (χ2v) is 15.0. The van der Waals surface area contributed by atoms with Gasteiger partial charge >= 0.3 is 12.1 Å². The molecule has 3 nitrogen and oxygen atoms in total. The number of benzene rings is 1. The average molecular weight is 632 g/mol. The Labute approximate surface area is 258 Å². The molecular weight excluding hydrogens is 580 g/mol. The number of hydrogen-bond acceptors (Lipinski definition) is 3. The number of rotatable bonds is 12. The van der Waals surface area contributed by atoms with Gasteiger partial charge in [-0.25, -0.2) is 4.39 Å². The van der Waals surface area contributed by atoms with Crippen LogP contribution >= 0.6 is 0 Å². The van der Waals surface area contributed by atoms with Gasteiger partial charge < -0.3 is 15.1 Å². The molecule has 250 valence electrons. The third kappa shape index (κ3) is 6.65. The van der Waals surface area contributed by atoms with Crippen LogP contribution in [0.5, 0.6) is 5.75 Å². The van der Waals surface area contributed by atoms with E-state index in [1.807, 2.05) is 6.92 Å². The predicted octanol–water partition coefficient (Wildman–Crippen LogP) is 9.54. The van der Waals surface area contributed by atoms with Gasteiger partial charge in [-0.05, 0) is 143 Å². The highest BCUT2D eigenvalue weighted by Crippen LogP contribution is 2.65. The Balaban J connectivity index is 1.11. The van der Waals surface area contributed by atoms with Crippen molar-refractivity contribution in [3.05, 3.63) is 29.1 Å². The summed E-state index contributed by atoms with van der Waals surface area (Å²) in [6.07, 6.45) is 6.16. The molecular formula is C35H51F6NO2. The summed E-state index contributed by atoms with van der Waals surface area (Å²) in [7, 11) is 0. The lowest BCUT2D eigenvalue weighted by molar-refractivity contribution is -0.284. The first-order valence-electron chi connectivity index (χ1n) is 17.1. The molecule has 0 bridgehead atoms. The molecule has 4 aliphatic rings. The van der Waals surface area contributed by atoms with Crippen molar-refractivity contribution in [2.75, 3.05) is 13.1 Å². The molecule has 3 fully saturated rings. The molecule has 1 heterocycles. The summed E-state index contributed by atoms with van der Waals surface area (Å²) >= 11 is 0. The van der Waals surface area contributed by atoms with Gasteiger partial charge in [-0.3, -0.25) is 0 Å². The number of alkyl halides is 5. The summed E-state index contributed by atoms with van der Waals surface area (Å²) in [5.41, 5.74) is 1.31. The molecule has 1 aromatic rings. The highest BCUT2D eigenvalue weighted by Gasteiger charge is 2.61. The maximum absolute atomic E-state index is 14.5. The van der Waals surface area contributed by atoms with Crippen LogP contribution in [0.1, 0.15) is 127 Å². The van der Waals surface area contributed by atoms with Crippen LogP contribution in [0.15, 0.2) is 12.1 Å². The Kier molecular flexibility index (Phi) is 9.98. The van der Waals surface area contributed by atoms with Gasteiger partial charge in [0, 0.05) is 12.5 Å². The smallest absolute Gasteiger partial charge is 0.453 e. The van der Waals surface area contributed by atoms with E-state index in [4.69, 9.17) is 0 Å². The van der Waals surface area contributed by atoms with E-state index in [-0.39, 0.29) is 23.5 Å². The van der Waals surface area contributed by atoms with Crippen molar-refractivity contribution in [1.82, 2.24) is 4.90 Å². The minimum atomic E-state index is -5.46. The molecule has 0 amide bonds. The van der Waals surface area contributed by atoms with E-state index in [2.05, 4.69) is 11.8 Å². The lowest BCUT2D eigenvalue weighted by Gasteiger charge is -2.55. The average Bonchev–Trinajstić information content (AvgIpc) is 3.48. The number of likely N-dealkylation sites (tertiary alicyclic amines) is 1. The fraction of sp³-hybridized carbons (Fsp3) is 0.829. The summed E-state index contributed by atoms with van der Waals surface area (Å²) in [5.74, 6) is -3.92. The Morgan fingerprint density at radius 1 is 0.909 bits per heavy atom. The van der Waals surface area contributed by atoms with Crippen molar-refractivity contribution in [3.63, 3.8) is 0 Å². The van der Waals surface area contributed by atoms with Gasteiger partial charge in [0.25, 0.3) is 0 Å². The number of phenolic OH excluding ortho intramolecular Hbond substituents is 1. The predicted molar refractivity (Wildman–Crippen MR) is 159 cm³/mol. The zero-order chi connectivity index (χ0) is 31.9. The van der Waals surface area contributed by atoms with E-state index < -0.39 is 29.9 Å². The molecule has 2 saturated carbocycles. The molecule has 0 aromatic heterocycles. The van der Waals surface area contributed by atoms with E-state index in [1.165, 1.54) is 0 Å². The maximum Gasteiger partial charge on any atom is 0.453 e. The number of unbranched alkanes of at least 4 members (excludes halogenated alkanes) is 4. The van der Waals surface area contributed by atoms with Gasteiger partial charge in [-0.1, -0.05) is 32.6 Å². The quantitative estimate of drug-likeness (QED) is 0.178. The standard InChI is InChI=1S/C35H51F6NO2/c1-32-16-13-26-27-22-29(36)30(43)21-24(27)20-23(31(26)28(32)14-17-33(32,2)44)10-5-4-8-18-42-19-9-12-25(42)11-6-3-7-15-34(37,38)35(39,40)41/h21-23,25-26,28,31,43-44H,3-20H2,1-2H3/t23-,25-,26-,28+,31-,32+,33-/m1/s1. The van der Waals surface area contributed by atoms with Crippen LogP contribution in [0.2, 0.25) is 0 Å². The first-order valence-corrected chi connectivity index (χ1v) is 17.1. The molecule has 0 unspecified atom stereocenters. The first-order chi connectivity index (χ1) is 20.6. The summed E-state index contributed by atoms with van der Waals surface area (Å²) in [6, 6.07) is 3.59. The zero-order valence-electron chi connectivity index (χ0n) is 26.4.